The Labute approximate surface area is 574 Å². The summed E-state index contributed by atoms with van der Waals surface area (Å²) in [7, 11) is 3.24. The highest BCUT2D eigenvalue weighted by molar-refractivity contribution is 5.95. The van der Waals surface area contributed by atoms with Gasteiger partial charge in [0.05, 0.1) is 100 Å². The lowest BCUT2D eigenvalue weighted by atomic mass is 9.99. The first-order chi connectivity index (χ1) is 47.2. The van der Waals surface area contributed by atoms with E-state index in [0.717, 1.165) is 184 Å². The van der Waals surface area contributed by atoms with Crippen molar-refractivity contribution in [3.05, 3.63) is 166 Å². The molecule has 0 atom stereocenters. The van der Waals surface area contributed by atoms with Crippen LogP contribution in [0.3, 0.4) is 0 Å². The summed E-state index contributed by atoms with van der Waals surface area (Å²) in [6, 6.07) is 47.6. The molecule has 6 aromatic rings. The minimum absolute atomic E-state index is 0.470. The Morgan fingerprint density at radius 3 is 0.667 bits per heavy atom. The van der Waals surface area contributed by atoms with Crippen LogP contribution in [0.25, 0.3) is 46.6 Å². The fraction of sp³-hybridized carbons (Fsp3) is 0.429. The molecule has 0 aliphatic heterocycles. The number of hydrogen-bond donors (Lipinski definition) is 0. The Morgan fingerprint density at radius 1 is 0.271 bits per heavy atom. The highest BCUT2D eigenvalue weighted by Gasteiger charge is 2.18. The van der Waals surface area contributed by atoms with Crippen LogP contribution in [0.5, 0.6) is 46.0 Å². The number of benzene rings is 6. The van der Waals surface area contributed by atoms with Crippen molar-refractivity contribution >= 4 is 46.6 Å². The predicted molar refractivity (Wildman–Crippen MR) is 392 cm³/mol. The number of nitriles is 4. The zero-order chi connectivity index (χ0) is 68.2. The van der Waals surface area contributed by atoms with Crippen molar-refractivity contribution in [1.82, 2.24) is 0 Å². The molecule has 0 radical (unpaired) electrons. The molecule has 6 aromatic carbocycles. The predicted octanol–water partition coefficient (Wildman–Crippen LogP) is 22.4. The minimum Gasteiger partial charge on any atom is -0.497 e. The van der Waals surface area contributed by atoms with Gasteiger partial charge in [-0.25, -0.2) is 0 Å². The molecule has 96 heavy (non-hydrogen) atoms. The number of nitrogens with zero attached hydrogens (tertiary/aromatic N) is 4. The standard InChI is InChI=1S/C84H102N4O8/c1-7-11-15-19-27-49-93-81-59-71(83(95-51-29-21-17-13-9-3)57-69(81)53-73(61-85)65-31-39-77(89-5)40-32-65)55-75(63-87)67-35-43-79(44-36-67)91-47-25-23-24-26-48-92-80-45-37-68(38-46-80)76(64-88)56-72-60-82(94-50-28-20-16-12-8-2)70(58-84(72)96-52-30-22-18-14-10-4)54-74(62-86)66-33-41-78(90-6)42-34-66/h31-46,53-60H,7-30,47-52H2,1-6H3/b73-53+,74-54+,75-55+,76-56+. The van der Waals surface area contributed by atoms with Crippen molar-refractivity contribution in [2.45, 2.75) is 182 Å². The lowest BCUT2D eigenvalue weighted by molar-refractivity contribution is 0.287. The lowest BCUT2D eigenvalue weighted by Crippen LogP contribution is -2.03. The van der Waals surface area contributed by atoms with Crippen LogP contribution in [0.2, 0.25) is 0 Å². The maximum Gasteiger partial charge on any atom is 0.127 e. The quantitative estimate of drug-likeness (QED) is 0.0202. The molecule has 506 valence electrons. The van der Waals surface area contributed by atoms with Gasteiger partial charge in [-0.3, -0.25) is 0 Å². The van der Waals surface area contributed by atoms with Crippen molar-refractivity contribution < 1.29 is 37.9 Å². The molecule has 0 saturated heterocycles. The number of methoxy groups -OCH3 is 2. The van der Waals surface area contributed by atoms with Gasteiger partial charge in [-0.1, -0.05) is 130 Å². The second-order valence-corrected chi connectivity index (χ2v) is 24.2. The molecule has 0 heterocycles. The molecule has 0 amide bonds. The van der Waals surface area contributed by atoms with Crippen LogP contribution in [0.15, 0.2) is 121 Å². The van der Waals surface area contributed by atoms with Crippen LogP contribution in [-0.2, 0) is 0 Å². The van der Waals surface area contributed by atoms with Crippen LogP contribution in [0.4, 0.5) is 0 Å². The number of unbranched alkanes of at least 4 members (excludes halogenated alkanes) is 19. The summed E-state index contributed by atoms with van der Waals surface area (Å²) in [6.45, 7) is 12.0. The van der Waals surface area contributed by atoms with E-state index in [1.165, 1.54) is 25.7 Å². The van der Waals surface area contributed by atoms with E-state index >= 15 is 0 Å². The molecule has 0 spiro atoms. The topological polar surface area (TPSA) is 169 Å². The van der Waals surface area contributed by atoms with Crippen LogP contribution in [0.1, 0.15) is 226 Å². The molecule has 0 bridgehead atoms. The van der Waals surface area contributed by atoms with Gasteiger partial charge in [0.1, 0.15) is 46.0 Å². The SMILES string of the molecule is CCCCCCCOc1cc(/C=C(\C#N)c2ccc(OCCCCCCOc3ccc(/C(C#N)=C/c4cc(OCCCCCCC)c(/C=C(\C#N)c5ccc(OC)cc5)cc4OCCCCCCC)cc3)cc2)c(OCCCCCCC)cc1/C=C(\C#N)c1ccc(OC)cc1. The number of hydrogen-bond acceptors (Lipinski definition) is 12. The van der Waals surface area contributed by atoms with E-state index < -0.39 is 0 Å². The Morgan fingerprint density at radius 2 is 0.469 bits per heavy atom. The third kappa shape index (κ3) is 26.4. The number of ether oxygens (including phenoxy) is 8. The van der Waals surface area contributed by atoms with Gasteiger partial charge >= 0.3 is 0 Å². The third-order valence-electron chi connectivity index (χ3n) is 16.7. The molecule has 0 aliphatic rings. The van der Waals surface area contributed by atoms with E-state index in [2.05, 4.69) is 52.0 Å². The van der Waals surface area contributed by atoms with Gasteiger partial charge < -0.3 is 37.9 Å². The average Bonchev–Trinajstić information content (AvgIpc) is 0.843. The minimum atomic E-state index is 0.470. The molecule has 0 fully saturated rings. The number of allylic oxidation sites excluding steroid dienone is 4. The van der Waals surface area contributed by atoms with Crippen molar-refractivity contribution in [1.29, 1.82) is 21.0 Å². The summed E-state index contributed by atoms with van der Waals surface area (Å²) in [6.07, 6.45) is 32.9. The second kappa shape index (κ2) is 45.1. The molecule has 0 saturated carbocycles. The summed E-state index contributed by atoms with van der Waals surface area (Å²) >= 11 is 0. The van der Waals surface area contributed by atoms with E-state index in [9.17, 15) is 21.0 Å². The fourth-order valence-electron chi connectivity index (χ4n) is 11.0. The average molecular weight is 1300 g/mol. The van der Waals surface area contributed by atoms with E-state index in [1.807, 2.05) is 146 Å². The first-order valence-electron chi connectivity index (χ1n) is 35.3. The molecular formula is C84H102N4O8. The zero-order valence-electron chi connectivity index (χ0n) is 58.1. The largest absolute Gasteiger partial charge is 0.497 e. The molecule has 0 aliphatic carbocycles. The molecular weight excluding hydrogens is 1190 g/mol. The van der Waals surface area contributed by atoms with Crippen molar-refractivity contribution in [2.24, 2.45) is 0 Å². The fourth-order valence-corrected chi connectivity index (χ4v) is 11.0. The van der Waals surface area contributed by atoms with Gasteiger partial charge in [-0.2, -0.15) is 21.0 Å². The first-order valence-corrected chi connectivity index (χ1v) is 35.3. The van der Waals surface area contributed by atoms with Gasteiger partial charge in [-0.15, -0.1) is 0 Å². The van der Waals surface area contributed by atoms with Gasteiger partial charge in [0.2, 0.25) is 0 Å². The molecule has 0 unspecified atom stereocenters. The van der Waals surface area contributed by atoms with Crippen molar-refractivity contribution in [3.63, 3.8) is 0 Å². The maximum atomic E-state index is 10.6. The zero-order valence-corrected chi connectivity index (χ0v) is 58.1. The van der Waals surface area contributed by atoms with Crippen molar-refractivity contribution in [2.75, 3.05) is 53.9 Å². The summed E-state index contributed by atoms with van der Waals surface area (Å²) < 4.78 is 49.3. The van der Waals surface area contributed by atoms with Crippen LogP contribution in [-0.4, -0.2) is 53.9 Å². The molecule has 12 heteroatoms. The van der Waals surface area contributed by atoms with E-state index in [4.69, 9.17) is 37.9 Å². The Kier molecular flexibility index (Phi) is 35.5. The summed E-state index contributed by atoms with van der Waals surface area (Å²) in [5.41, 5.74) is 7.83. The third-order valence-corrected chi connectivity index (χ3v) is 16.7. The van der Waals surface area contributed by atoms with Gasteiger partial charge in [0.15, 0.2) is 0 Å². The van der Waals surface area contributed by atoms with E-state index in [-0.39, 0.29) is 0 Å². The van der Waals surface area contributed by atoms with Gasteiger partial charge in [0, 0.05) is 22.3 Å². The van der Waals surface area contributed by atoms with Crippen LogP contribution in [0, 0.1) is 45.3 Å². The monoisotopic (exact) mass is 1290 g/mol. The van der Waals surface area contributed by atoms with Gasteiger partial charge in [0.25, 0.3) is 0 Å². The van der Waals surface area contributed by atoms with Crippen LogP contribution >= 0.6 is 0 Å². The van der Waals surface area contributed by atoms with E-state index in [1.54, 1.807) is 14.2 Å². The summed E-state index contributed by atoms with van der Waals surface area (Å²) in [4.78, 5) is 0. The smallest absolute Gasteiger partial charge is 0.127 e. The second-order valence-electron chi connectivity index (χ2n) is 24.2. The van der Waals surface area contributed by atoms with Gasteiger partial charge in [-0.05, 0) is 219 Å². The highest BCUT2D eigenvalue weighted by Crippen LogP contribution is 2.38. The normalized spacial score (nSPS) is 11.6. The van der Waals surface area contributed by atoms with Crippen molar-refractivity contribution in [3.8, 4) is 70.3 Å². The Hall–Kier alpha value is -9.36. The molecule has 6 rings (SSSR count). The molecule has 12 nitrogen and oxygen atoms in total. The number of rotatable bonds is 47. The first kappa shape index (κ1) is 75.7. The molecule has 0 aromatic heterocycles. The molecule has 0 N–H and O–H groups in total. The highest BCUT2D eigenvalue weighted by atomic mass is 16.5. The Balaban J connectivity index is 1.08. The van der Waals surface area contributed by atoms with E-state index in [0.29, 0.717) is 96.4 Å². The Bertz CT molecular complexity index is 3320. The lowest BCUT2D eigenvalue weighted by Gasteiger charge is -2.16. The summed E-state index contributed by atoms with van der Waals surface area (Å²) in [5.74, 6) is 5.35. The maximum absolute atomic E-state index is 10.6. The summed E-state index contributed by atoms with van der Waals surface area (Å²) in [5, 5.41) is 42.1. The van der Waals surface area contributed by atoms with Crippen LogP contribution < -0.4 is 37.9 Å².